The maximum atomic E-state index is 16.3. The lowest BCUT2D eigenvalue weighted by atomic mass is 10.1. The molecule has 1 aromatic carbocycles. The van der Waals surface area contributed by atoms with Crippen molar-refractivity contribution in [3.05, 3.63) is 57.6 Å². The Kier molecular flexibility index (Phi) is 6.68. The van der Waals surface area contributed by atoms with Crippen molar-refractivity contribution in [3.63, 3.8) is 0 Å². The quantitative estimate of drug-likeness (QED) is 0.143. The number of hydrogen-bond donors (Lipinski definition) is 0. The molecule has 39 heavy (non-hydrogen) atoms. The molecule has 0 fully saturated rings. The molecule has 0 aliphatic carbocycles. The van der Waals surface area contributed by atoms with E-state index < -0.39 is 35.2 Å². The van der Waals surface area contributed by atoms with E-state index in [0.717, 1.165) is 17.9 Å². The number of rotatable bonds is 4. The van der Waals surface area contributed by atoms with Gasteiger partial charge in [0.1, 0.15) is 40.0 Å². The first kappa shape index (κ1) is 27.3. The van der Waals surface area contributed by atoms with E-state index in [4.69, 9.17) is 11.3 Å². The Labute approximate surface area is 223 Å². The van der Waals surface area contributed by atoms with Crippen LogP contribution in [0.25, 0.3) is 4.85 Å². The van der Waals surface area contributed by atoms with Gasteiger partial charge in [0, 0.05) is 34.7 Å². The zero-order valence-corrected chi connectivity index (χ0v) is 22.5. The molecule has 0 aromatic heterocycles. The number of imide groups is 1. The summed E-state index contributed by atoms with van der Waals surface area (Å²) in [6.07, 6.45) is 1.12. The number of ether oxygens (including phenoxy) is 1. The number of nitrogens with zero attached hydrogens (tertiary/aromatic N) is 6. The van der Waals surface area contributed by atoms with Gasteiger partial charge in [-0.1, -0.05) is 0 Å². The Morgan fingerprint density at radius 3 is 1.79 bits per heavy atom. The lowest BCUT2D eigenvalue weighted by Crippen LogP contribution is -2.42. The number of esters is 1. The SMILES string of the molecule is [C-]#[N+]C1=CC(=C2N(C)c3c(F)c4c(c(F)c3N2C)N(C)C(=C(C(C)=O)C(=O)OCC)N4C)C(=O)N(CC)C1=O. The molecular formula is C26H26F2N6O5. The first-order chi connectivity index (χ1) is 18.3. The number of halogens is 2. The highest BCUT2D eigenvalue weighted by Gasteiger charge is 2.46. The predicted molar refractivity (Wildman–Crippen MR) is 138 cm³/mol. The van der Waals surface area contributed by atoms with Crippen LogP contribution >= 0.6 is 0 Å². The number of anilines is 4. The van der Waals surface area contributed by atoms with E-state index in [2.05, 4.69) is 4.85 Å². The van der Waals surface area contributed by atoms with Gasteiger partial charge in [-0.15, -0.1) is 0 Å². The number of Topliss-reactive ketones (excluding diaryl/α,β-unsaturated/α-hetero) is 1. The number of hydrogen-bond acceptors (Lipinski definition) is 9. The Morgan fingerprint density at radius 2 is 1.38 bits per heavy atom. The van der Waals surface area contributed by atoms with Crippen molar-refractivity contribution in [2.45, 2.75) is 20.8 Å². The third kappa shape index (κ3) is 3.66. The second kappa shape index (κ2) is 9.54. The molecule has 204 valence electrons. The van der Waals surface area contributed by atoms with Gasteiger partial charge in [-0.2, -0.15) is 0 Å². The number of carbonyl (C=O) groups excluding carboxylic acids is 4. The van der Waals surface area contributed by atoms with E-state index in [1.165, 1.54) is 47.8 Å². The maximum Gasteiger partial charge on any atom is 0.345 e. The van der Waals surface area contributed by atoms with E-state index in [9.17, 15) is 19.2 Å². The molecule has 1 aromatic rings. The Balaban J connectivity index is 1.98. The normalized spacial score (nSPS) is 16.6. The minimum absolute atomic E-state index is 0.00233. The van der Waals surface area contributed by atoms with Crippen LogP contribution in [0.2, 0.25) is 0 Å². The highest BCUT2D eigenvalue weighted by atomic mass is 19.1. The second-order valence-corrected chi connectivity index (χ2v) is 8.97. The zero-order valence-electron chi connectivity index (χ0n) is 22.5. The largest absolute Gasteiger partial charge is 0.462 e. The summed E-state index contributed by atoms with van der Waals surface area (Å²) < 4.78 is 37.6. The average Bonchev–Trinajstić information content (AvgIpc) is 3.29. The smallest absolute Gasteiger partial charge is 0.345 e. The van der Waals surface area contributed by atoms with Crippen LogP contribution in [0.4, 0.5) is 31.5 Å². The van der Waals surface area contributed by atoms with Gasteiger partial charge in [-0.25, -0.2) is 18.4 Å². The lowest BCUT2D eigenvalue weighted by molar-refractivity contribution is -0.141. The molecule has 3 aliphatic rings. The topological polar surface area (TPSA) is 98.1 Å². The van der Waals surface area contributed by atoms with E-state index in [0.29, 0.717) is 0 Å². The van der Waals surface area contributed by atoms with Crippen LogP contribution in [0.3, 0.4) is 0 Å². The standard InChI is InChI=1S/C26H26F2N6O5/c1-9-34-24(36)13(11-14(29-4)25(34)37)22-30(5)18-16(27)20-21(17(28)19(18)31(22)6)33(8)23(32(20)7)15(12(3)35)26(38)39-10-2/h11H,9-10H2,1-3,5-8H3. The third-order valence-corrected chi connectivity index (χ3v) is 6.85. The Hall–Kier alpha value is -4.73. The van der Waals surface area contributed by atoms with Crippen molar-refractivity contribution in [1.82, 2.24) is 4.90 Å². The van der Waals surface area contributed by atoms with Crippen molar-refractivity contribution >= 4 is 46.3 Å². The number of ketones is 1. The van der Waals surface area contributed by atoms with Crippen LogP contribution < -0.4 is 19.6 Å². The van der Waals surface area contributed by atoms with E-state index in [1.807, 2.05) is 0 Å². The third-order valence-electron chi connectivity index (χ3n) is 6.85. The Bertz CT molecular complexity index is 1450. The molecular weight excluding hydrogens is 514 g/mol. The summed E-state index contributed by atoms with van der Waals surface area (Å²) in [6.45, 7) is 11.7. The van der Waals surface area contributed by atoms with E-state index >= 15 is 8.78 Å². The van der Waals surface area contributed by atoms with Gasteiger partial charge >= 0.3 is 5.97 Å². The molecule has 2 amide bonds. The summed E-state index contributed by atoms with van der Waals surface area (Å²) in [4.78, 5) is 59.8. The summed E-state index contributed by atoms with van der Waals surface area (Å²) in [5.41, 5.74) is -1.61. The summed E-state index contributed by atoms with van der Waals surface area (Å²) in [7, 11) is 5.65. The first-order valence-electron chi connectivity index (χ1n) is 12.0. The molecule has 3 aliphatic heterocycles. The number of carbonyl (C=O) groups is 4. The van der Waals surface area contributed by atoms with E-state index in [1.54, 1.807) is 13.8 Å². The molecule has 4 rings (SSSR count). The van der Waals surface area contributed by atoms with Gasteiger partial charge in [0.2, 0.25) is 0 Å². The number of benzene rings is 1. The molecule has 0 bridgehead atoms. The molecule has 0 unspecified atom stereocenters. The molecule has 13 heteroatoms. The monoisotopic (exact) mass is 540 g/mol. The highest BCUT2D eigenvalue weighted by Crippen LogP contribution is 2.55. The fourth-order valence-corrected chi connectivity index (χ4v) is 5.19. The van der Waals surface area contributed by atoms with Crippen molar-refractivity contribution in [2.75, 3.05) is 60.9 Å². The van der Waals surface area contributed by atoms with Gasteiger partial charge in [-0.05, 0) is 26.8 Å². The summed E-state index contributed by atoms with van der Waals surface area (Å²) in [5, 5.41) is 0. The summed E-state index contributed by atoms with van der Waals surface area (Å²) >= 11 is 0. The molecule has 11 nitrogen and oxygen atoms in total. The van der Waals surface area contributed by atoms with Crippen molar-refractivity contribution < 1.29 is 32.7 Å². The minimum Gasteiger partial charge on any atom is -0.462 e. The number of fused-ring (bicyclic) bond motifs is 2. The second-order valence-electron chi connectivity index (χ2n) is 8.97. The number of likely N-dealkylation sites (N-methyl/N-ethyl adjacent to an activating group) is 1. The molecule has 0 radical (unpaired) electrons. The molecule has 0 N–H and O–H groups in total. The minimum atomic E-state index is -0.922. The molecule has 0 saturated carbocycles. The molecule has 0 atom stereocenters. The zero-order chi connectivity index (χ0) is 29.1. The fraction of sp³-hybridized carbons (Fsp3) is 0.346. The molecule has 0 spiro atoms. The first-order valence-corrected chi connectivity index (χ1v) is 12.0. The van der Waals surface area contributed by atoms with Gasteiger partial charge in [0.25, 0.3) is 17.5 Å². The van der Waals surface area contributed by atoms with Gasteiger partial charge in [0.15, 0.2) is 17.4 Å². The molecule has 0 saturated heterocycles. The lowest BCUT2D eigenvalue weighted by Gasteiger charge is -2.28. The highest BCUT2D eigenvalue weighted by molar-refractivity contribution is 6.19. The van der Waals surface area contributed by atoms with Crippen molar-refractivity contribution in [2.24, 2.45) is 0 Å². The van der Waals surface area contributed by atoms with Gasteiger partial charge in [-0.3, -0.25) is 19.3 Å². The van der Waals surface area contributed by atoms with E-state index in [-0.39, 0.29) is 64.4 Å². The molecule has 3 heterocycles. The maximum absolute atomic E-state index is 16.3. The van der Waals surface area contributed by atoms with Crippen molar-refractivity contribution in [1.29, 1.82) is 0 Å². The summed E-state index contributed by atoms with van der Waals surface area (Å²) in [5.74, 6) is -4.74. The van der Waals surface area contributed by atoms with Crippen LogP contribution in [-0.2, 0) is 23.9 Å². The van der Waals surface area contributed by atoms with Crippen LogP contribution in [0.1, 0.15) is 20.8 Å². The van der Waals surface area contributed by atoms with Gasteiger partial charge < -0.3 is 24.3 Å². The van der Waals surface area contributed by atoms with Gasteiger partial charge in [0.05, 0.1) is 18.8 Å². The predicted octanol–water partition coefficient (Wildman–Crippen LogP) is 2.50. The van der Waals surface area contributed by atoms with Crippen LogP contribution in [-0.4, -0.2) is 69.8 Å². The average molecular weight is 541 g/mol. The van der Waals surface area contributed by atoms with Crippen LogP contribution in [0, 0.1) is 18.2 Å². The number of amides is 2. The van der Waals surface area contributed by atoms with Crippen LogP contribution in [0.15, 0.2) is 34.6 Å². The Morgan fingerprint density at radius 1 is 0.897 bits per heavy atom. The van der Waals surface area contributed by atoms with Crippen LogP contribution in [0.5, 0.6) is 0 Å². The summed E-state index contributed by atoms with van der Waals surface area (Å²) in [6, 6.07) is 0. The fourth-order valence-electron chi connectivity index (χ4n) is 5.19. The van der Waals surface area contributed by atoms with Crippen molar-refractivity contribution in [3.8, 4) is 0 Å².